The van der Waals surface area contributed by atoms with Crippen LogP contribution in [0.5, 0.6) is 5.75 Å². The second-order valence-corrected chi connectivity index (χ2v) is 12.2. The lowest BCUT2D eigenvalue weighted by Crippen LogP contribution is -2.34. The zero-order chi connectivity index (χ0) is 27.6. The van der Waals surface area contributed by atoms with E-state index in [1.165, 1.54) is 12.8 Å². The van der Waals surface area contributed by atoms with Crippen molar-refractivity contribution in [3.8, 4) is 5.75 Å². The predicted octanol–water partition coefficient (Wildman–Crippen LogP) is 6.28. The Labute approximate surface area is 234 Å². The molecule has 0 atom stereocenters. The fourth-order valence-corrected chi connectivity index (χ4v) is 5.06. The minimum Gasteiger partial charge on any atom is -0.493 e. The van der Waals surface area contributed by atoms with E-state index in [1.807, 2.05) is 39.0 Å². The summed E-state index contributed by atoms with van der Waals surface area (Å²) in [5.41, 5.74) is 1.90. The third kappa shape index (κ3) is 7.12. The molecule has 0 N–H and O–H groups in total. The summed E-state index contributed by atoms with van der Waals surface area (Å²) in [6.07, 6.45) is 6.07. The number of halogens is 1. The maximum Gasteiger partial charge on any atom is 0.410 e. The highest BCUT2D eigenvalue weighted by atomic mass is 35.5. The molecule has 1 saturated carbocycles. The third-order valence-corrected chi connectivity index (χ3v) is 7.59. The maximum atomic E-state index is 12.7. The molecule has 1 aromatic carbocycles. The number of hydrogen-bond donors (Lipinski definition) is 0. The highest BCUT2D eigenvalue weighted by Crippen LogP contribution is 2.35. The van der Waals surface area contributed by atoms with Gasteiger partial charge in [-0.1, -0.05) is 16.8 Å². The number of nitrogens with zero attached hydrogens (tertiary/aromatic N) is 5. The van der Waals surface area contributed by atoms with Crippen molar-refractivity contribution in [2.75, 3.05) is 31.6 Å². The van der Waals surface area contributed by atoms with Crippen LogP contribution in [0.4, 0.5) is 10.6 Å². The Morgan fingerprint density at radius 2 is 1.87 bits per heavy atom. The number of hydrogen-bond acceptors (Lipinski definition) is 8. The van der Waals surface area contributed by atoms with E-state index >= 15 is 0 Å². The lowest BCUT2D eigenvalue weighted by atomic mass is 9.91. The number of ether oxygens (including phenoxy) is 2. The fourth-order valence-electron chi connectivity index (χ4n) is 4.96. The van der Waals surface area contributed by atoms with Crippen LogP contribution in [-0.4, -0.2) is 58.7 Å². The van der Waals surface area contributed by atoms with Crippen molar-refractivity contribution in [1.29, 1.82) is 0 Å². The van der Waals surface area contributed by atoms with Crippen LogP contribution in [0.3, 0.4) is 0 Å². The molecule has 3 aromatic rings. The van der Waals surface area contributed by atoms with Crippen LogP contribution in [0, 0.1) is 11.8 Å². The van der Waals surface area contributed by atoms with Gasteiger partial charge in [0.25, 0.3) is 0 Å². The van der Waals surface area contributed by atoms with Crippen LogP contribution < -0.4 is 9.64 Å². The molecule has 1 saturated heterocycles. The van der Waals surface area contributed by atoms with Crippen LogP contribution in [0.2, 0.25) is 5.15 Å². The van der Waals surface area contributed by atoms with Gasteiger partial charge in [-0.25, -0.2) is 4.79 Å². The first-order valence-electron chi connectivity index (χ1n) is 13.9. The zero-order valence-electron chi connectivity index (χ0n) is 23.3. The van der Waals surface area contributed by atoms with Crippen molar-refractivity contribution in [2.45, 2.75) is 71.4 Å². The molecule has 2 aliphatic rings. The van der Waals surface area contributed by atoms with Crippen molar-refractivity contribution < 1.29 is 18.8 Å². The highest BCUT2D eigenvalue weighted by molar-refractivity contribution is 6.29. The van der Waals surface area contributed by atoms with Gasteiger partial charge in [0.15, 0.2) is 16.6 Å². The van der Waals surface area contributed by atoms with E-state index in [-0.39, 0.29) is 6.09 Å². The molecule has 210 valence electrons. The minimum absolute atomic E-state index is 0.312. The number of fused-ring (bicyclic) bond motifs is 1. The topological polar surface area (TPSA) is 93.8 Å². The van der Waals surface area contributed by atoms with Crippen LogP contribution >= 0.6 is 11.6 Å². The molecule has 0 bridgehead atoms. The van der Waals surface area contributed by atoms with Gasteiger partial charge in [0.2, 0.25) is 0 Å². The largest absolute Gasteiger partial charge is 0.493 e. The maximum absolute atomic E-state index is 12.7. The molecule has 2 fully saturated rings. The number of benzene rings is 1. The molecular formula is C29H38ClN5O4. The first-order valence-corrected chi connectivity index (χ1v) is 14.3. The summed E-state index contributed by atoms with van der Waals surface area (Å²) in [4.78, 5) is 16.5. The van der Waals surface area contributed by atoms with E-state index in [4.69, 9.17) is 25.6 Å². The van der Waals surface area contributed by atoms with Crippen molar-refractivity contribution in [3.63, 3.8) is 0 Å². The number of piperidine rings is 1. The number of carbonyl (C=O) groups is 1. The second kappa shape index (κ2) is 11.6. The van der Waals surface area contributed by atoms with Gasteiger partial charge in [0.1, 0.15) is 11.4 Å². The summed E-state index contributed by atoms with van der Waals surface area (Å²) in [6, 6.07) is 7.75. The Morgan fingerprint density at radius 3 is 2.54 bits per heavy atom. The molecule has 0 radical (unpaired) electrons. The molecule has 3 heterocycles. The number of anilines is 1. The van der Waals surface area contributed by atoms with E-state index in [0.29, 0.717) is 35.7 Å². The summed E-state index contributed by atoms with van der Waals surface area (Å²) in [6.45, 7) is 8.47. The van der Waals surface area contributed by atoms with Crippen LogP contribution in [0.1, 0.15) is 64.1 Å². The molecule has 0 unspecified atom stereocenters. The summed E-state index contributed by atoms with van der Waals surface area (Å²) in [5, 5.41) is 14.0. The standard InChI is InChI=1S/C29H38ClN5O4/c1-29(2,3)38-28(36)34(4)17-22-24(37-18-20-5-6-20)10-8-21-23(33-39-27(21)22)9-7-19-13-15-35(16-14-19)26-12-11-25(30)31-32-26/h8,10-12,19-20H,5-7,9,13-18H2,1-4H3. The van der Waals surface area contributed by atoms with Gasteiger partial charge >= 0.3 is 6.09 Å². The average Bonchev–Trinajstić information content (AvgIpc) is 3.64. The Morgan fingerprint density at radius 1 is 1.10 bits per heavy atom. The number of amides is 1. The van der Waals surface area contributed by atoms with Crippen molar-refractivity contribution >= 4 is 34.5 Å². The Kier molecular flexibility index (Phi) is 8.16. The monoisotopic (exact) mass is 555 g/mol. The van der Waals surface area contributed by atoms with Gasteiger partial charge in [-0.15, -0.1) is 10.2 Å². The van der Waals surface area contributed by atoms with Crippen LogP contribution in [0.15, 0.2) is 28.8 Å². The first-order chi connectivity index (χ1) is 18.7. The van der Waals surface area contributed by atoms with E-state index < -0.39 is 5.60 Å². The zero-order valence-corrected chi connectivity index (χ0v) is 24.0. The van der Waals surface area contributed by atoms with E-state index in [1.54, 1.807) is 18.0 Å². The van der Waals surface area contributed by atoms with Gasteiger partial charge in [0.05, 0.1) is 24.4 Å². The molecular weight excluding hydrogens is 518 g/mol. The van der Waals surface area contributed by atoms with Gasteiger partial charge in [-0.3, -0.25) is 0 Å². The quantitative estimate of drug-likeness (QED) is 0.304. The summed E-state index contributed by atoms with van der Waals surface area (Å²) in [7, 11) is 1.73. The number of aromatic nitrogens is 3. The number of aryl methyl sites for hydroxylation is 1. The SMILES string of the molecule is CN(Cc1c(OCC2CC2)ccc2c(CCC3CCN(c4ccc(Cl)nn4)CC3)noc12)C(=O)OC(C)(C)C. The van der Waals surface area contributed by atoms with Gasteiger partial charge in [0, 0.05) is 25.5 Å². The van der Waals surface area contributed by atoms with Crippen molar-refractivity contribution in [1.82, 2.24) is 20.3 Å². The molecule has 1 aliphatic carbocycles. The summed E-state index contributed by atoms with van der Waals surface area (Å²) in [5.74, 6) is 2.84. The molecule has 39 heavy (non-hydrogen) atoms. The molecule has 2 aromatic heterocycles. The van der Waals surface area contributed by atoms with Gasteiger partial charge in [-0.2, -0.15) is 0 Å². The average molecular weight is 556 g/mol. The summed E-state index contributed by atoms with van der Waals surface area (Å²) >= 11 is 5.88. The Hall–Kier alpha value is -3.07. The van der Waals surface area contributed by atoms with E-state index in [2.05, 4.69) is 20.3 Å². The summed E-state index contributed by atoms with van der Waals surface area (Å²) < 4.78 is 17.7. The molecule has 9 nitrogen and oxygen atoms in total. The lowest BCUT2D eigenvalue weighted by molar-refractivity contribution is 0.0284. The highest BCUT2D eigenvalue weighted by Gasteiger charge is 2.27. The fraction of sp³-hybridized carbons (Fsp3) is 0.586. The number of rotatable bonds is 9. The lowest BCUT2D eigenvalue weighted by Gasteiger charge is -2.32. The van der Waals surface area contributed by atoms with Crippen LogP contribution in [0.25, 0.3) is 11.0 Å². The molecule has 1 aliphatic heterocycles. The normalized spacial score (nSPS) is 16.5. The smallest absolute Gasteiger partial charge is 0.410 e. The number of carbonyl (C=O) groups excluding carboxylic acids is 1. The minimum atomic E-state index is -0.569. The third-order valence-electron chi connectivity index (χ3n) is 7.39. The second-order valence-electron chi connectivity index (χ2n) is 11.8. The molecule has 1 amide bonds. The molecule has 10 heteroatoms. The predicted molar refractivity (Wildman–Crippen MR) is 150 cm³/mol. The first kappa shape index (κ1) is 27.5. The van der Waals surface area contributed by atoms with E-state index in [0.717, 1.165) is 67.0 Å². The van der Waals surface area contributed by atoms with Crippen molar-refractivity contribution in [3.05, 3.63) is 40.7 Å². The Bertz CT molecular complexity index is 1280. The van der Waals surface area contributed by atoms with Crippen molar-refractivity contribution in [2.24, 2.45) is 11.8 Å². The molecule has 0 spiro atoms. The van der Waals surface area contributed by atoms with E-state index in [9.17, 15) is 4.79 Å². The van der Waals surface area contributed by atoms with Crippen LogP contribution in [-0.2, 0) is 17.7 Å². The Balaban J connectivity index is 1.26. The molecule has 5 rings (SSSR count). The van der Waals surface area contributed by atoms with Gasteiger partial charge < -0.3 is 23.8 Å². The van der Waals surface area contributed by atoms with Gasteiger partial charge in [-0.05, 0) is 95.4 Å².